The third kappa shape index (κ3) is 2.35. The zero-order chi connectivity index (χ0) is 8.97. The van der Waals surface area contributed by atoms with Crippen molar-refractivity contribution < 1.29 is 19.7 Å². The molecule has 1 aliphatic heterocycles. The molecule has 0 unspecified atom stereocenters. The second kappa shape index (κ2) is 4.27. The fourth-order valence-electron chi connectivity index (χ4n) is 1.21. The van der Waals surface area contributed by atoms with Gasteiger partial charge in [-0.25, -0.2) is 4.79 Å². The van der Waals surface area contributed by atoms with Crippen molar-refractivity contribution in [3.63, 3.8) is 0 Å². The van der Waals surface area contributed by atoms with E-state index in [9.17, 15) is 4.79 Å². The molecule has 1 rings (SSSR count). The van der Waals surface area contributed by atoms with Crippen molar-refractivity contribution in [2.45, 2.75) is 12.5 Å². The molecule has 2 N–H and O–H groups in total. The zero-order valence-corrected chi connectivity index (χ0v) is 6.77. The molecule has 0 saturated carbocycles. The van der Waals surface area contributed by atoms with Gasteiger partial charge in [-0.3, -0.25) is 0 Å². The van der Waals surface area contributed by atoms with Gasteiger partial charge in [-0.2, -0.15) is 0 Å². The first-order chi connectivity index (χ1) is 5.74. The molecule has 1 aliphatic rings. The van der Waals surface area contributed by atoms with Crippen LogP contribution in [0, 0.1) is 0 Å². The van der Waals surface area contributed by atoms with Gasteiger partial charge in [-0.15, -0.1) is 0 Å². The number of morpholine rings is 1. The number of aliphatic hydroxyl groups excluding tert-OH is 1. The number of hydrogen-bond acceptors (Lipinski definition) is 3. The molecule has 5 heteroatoms. The number of rotatable bonds is 2. The van der Waals surface area contributed by atoms with Crippen molar-refractivity contribution in [2.75, 3.05) is 26.3 Å². The number of ether oxygens (including phenoxy) is 1. The first-order valence-corrected chi connectivity index (χ1v) is 3.94. The largest absolute Gasteiger partial charge is 0.465 e. The second-order valence-electron chi connectivity index (χ2n) is 2.73. The second-order valence-corrected chi connectivity index (χ2v) is 2.73. The highest BCUT2D eigenvalue weighted by Gasteiger charge is 2.22. The zero-order valence-electron chi connectivity index (χ0n) is 6.77. The van der Waals surface area contributed by atoms with Crippen LogP contribution >= 0.6 is 0 Å². The number of aliphatic hydroxyl groups is 1. The summed E-state index contributed by atoms with van der Waals surface area (Å²) in [6, 6.07) is 0. The fourth-order valence-corrected chi connectivity index (χ4v) is 1.21. The molecule has 1 amide bonds. The average molecular weight is 175 g/mol. The highest BCUT2D eigenvalue weighted by Crippen LogP contribution is 2.07. The van der Waals surface area contributed by atoms with E-state index in [-0.39, 0.29) is 12.7 Å². The lowest BCUT2D eigenvalue weighted by atomic mass is 10.2. The molecule has 12 heavy (non-hydrogen) atoms. The molecule has 1 heterocycles. The van der Waals surface area contributed by atoms with Crippen LogP contribution in [0.5, 0.6) is 0 Å². The van der Waals surface area contributed by atoms with Crippen molar-refractivity contribution >= 4 is 6.09 Å². The van der Waals surface area contributed by atoms with Gasteiger partial charge in [0.15, 0.2) is 0 Å². The molecule has 1 saturated heterocycles. The minimum absolute atomic E-state index is 0.0398. The summed E-state index contributed by atoms with van der Waals surface area (Å²) in [5, 5.41) is 17.2. The Bertz CT molecular complexity index is 159. The fraction of sp³-hybridized carbons (Fsp3) is 0.857. The lowest BCUT2D eigenvalue weighted by Gasteiger charge is -2.30. The predicted octanol–water partition coefficient (Wildman–Crippen LogP) is -0.252. The standard InChI is InChI=1S/C7H13NO4/c9-3-1-6-5-8(7(10)11)2-4-12-6/h6,9H,1-5H2,(H,10,11)/t6-/m0/s1. The topological polar surface area (TPSA) is 70.0 Å². The van der Waals surface area contributed by atoms with Crippen molar-refractivity contribution in [3.05, 3.63) is 0 Å². The summed E-state index contributed by atoms with van der Waals surface area (Å²) in [5.74, 6) is 0. The van der Waals surface area contributed by atoms with E-state index >= 15 is 0 Å². The van der Waals surface area contributed by atoms with Gasteiger partial charge in [0.1, 0.15) is 0 Å². The Morgan fingerprint density at radius 1 is 1.67 bits per heavy atom. The van der Waals surface area contributed by atoms with Gasteiger partial charge >= 0.3 is 6.09 Å². The molecule has 1 atom stereocenters. The van der Waals surface area contributed by atoms with Gasteiger partial charge in [0.25, 0.3) is 0 Å². The minimum atomic E-state index is -0.916. The maximum Gasteiger partial charge on any atom is 0.407 e. The van der Waals surface area contributed by atoms with Crippen LogP contribution in [0.2, 0.25) is 0 Å². The molecule has 0 aliphatic carbocycles. The predicted molar refractivity (Wildman–Crippen MR) is 41.0 cm³/mol. The highest BCUT2D eigenvalue weighted by atomic mass is 16.5. The van der Waals surface area contributed by atoms with Gasteiger partial charge < -0.3 is 19.8 Å². The van der Waals surface area contributed by atoms with E-state index in [4.69, 9.17) is 14.9 Å². The number of carboxylic acid groups (broad SMARTS) is 1. The van der Waals surface area contributed by atoms with Gasteiger partial charge in [-0.1, -0.05) is 0 Å². The van der Waals surface area contributed by atoms with Crippen LogP contribution in [0.3, 0.4) is 0 Å². The third-order valence-corrected chi connectivity index (χ3v) is 1.86. The Kier molecular flexibility index (Phi) is 3.31. The van der Waals surface area contributed by atoms with Crippen LogP contribution in [0.1, 0.15) is 6.42 Å². The SMILES string of the molecule is O=C(O)N1CCO[C@@H](CCO)C1. The highest BCUT2D eigenvalue weighted by molar-refractivity contribution is 5.65. The first kappa shape index (κ1) is 9.28. The summed E-state index contributed by atoms with van der Waals surface area (Å²) in [5.41, 5.74) is 0. The Labute approximate surface area is 70.5 Å². The molecular formula is C7H13NO4. The van der Waals surface area contributed by atoms with Gasteiger partial charge in [0, 0.05) is 13.2 Å². The quantitative estimate of drug-likeness (QED) is 0.607. The summed E-state index contributed by atoms with van der Waals surface area (Å²) in [4.78, 5) is 11.8. The Morgan fingerprint density at radius 2 is 2.42 bits per heavy atom. The van der Waals surface area contributed by atoms with E-state index < -0.39 is 6.09 Å². The van der Waals surface area contributed by atoms with Crippen LogP contribution in [-0.4, -0.2) is 53.6 Å². The molecule has 0 bridgehead atoms. The molecule has 0 aromatic heterocycles. The normalized spacial score (nSPS) is 24.1. The summed E-state index contributed by atoms with van der Waals surface area (Å²) in [6.45, 7) is 1.27. The average Bonchev–Trinajstić information content (AvgIpc) is 2.05. The molecule has 0 aromatic rings. The van der Waals surface area contributed by atoms with Crippen LogP contribution in [0.25, 0.3) is 0 Å². The van der Waals surface area contributed by atoms with Crippen LogP contribution in [-0.2, 0) is 4.74 Å². The molecular weight excluding hydrogens is 162 g/mol. The summed E-state index contributed by atoms with van der Waals surface area (Å²) in [6.07, 6.45) is -0.551. The van der Waals surface area contributed by atoms with E-state index in [2.05, 4.69) is 0 Å². The van der Waals surface area contributed by atoms with Gasteiger partial charge in [0.05, 0.1) is 19.3 Å². The molecule has 0 spiro atoms. The smallest absolute Gasteiger partial charge is 0.407 e. The van der Waals surface area contributed by atoms with Crippen LogP contribution in [0.4, 0.5) is 4.79 Å². The van der Waals surface area contributed by atoms with Crippen molar-refractivity contribution in [3.8, 4) is 0 Å². The van der Waals surface area contributed by atoms with E-state index in [1.54, 1.807) is 0 Å². The first-order valence-electron chi connectivity index (χ1n) is 3.94. The molecule has 0 aromatic carbocycles. The molecule has 70 valence electrons. The van der Waals surface area contributed by atoms with E-state index in [0.29, 0.717) is 26.1 Å². The lowest BCUT2D eigenvalue weighted by molar-refractivity contribution is -0.0314. The van der Waals surface area contributed by atoms with Gasteiger partial charge in [0.2, 0.25) is 0 Å². The third-order valence-electron chi connectivity index (χ3n) is 1.86. The summed E-state index contributed by atoms with van der Waals surface area (Å²) in [7, 11) is 0. The molecule has 0 radical (unpaired) electrons. The van der Waals surface area contributed by atoms with Crippen LogP contribution < -0.4 is 0 Å². The van der Waals surface area contributed by atoms with E-state index in [1.807, 2.05) is 0 Å². The summed E-state index contributed by atoms with van der Waals surface area (Å²) < 4.78 is 5.23. The monoisotopic (exact) mass is 175 g/mol. The minimum Gasteiger partial charge on any atom is -0.465 e. The van der Waals surface area contributed by atoms with Crippen LogP contribution in [0.15, 0.2) is 0 Å². The van der Waals surface area contributed by atoms with Crippen molar-refractivity contribution in [1.29, 1.82) is 0 Å². The maximum absolute atomic E-state index is 10.5. The van der Waals surface area contributed by atoms with Gasteiger partial charge in [-0.05, 0) is 6.42 Å². The number of hydrogen-bond donors (Lipinski definition) is 2. The number of carbonyl (C=O) groups is 1. The number of nitrogens with zero attached hydrogens (tertiary/aromatic N) is 1. The maximum atomic E-state index is 10.5. The Balaban J connectivity index is 2.35. The Hall–Kier alpha value is -0.810. The molecule has 5 nitrogen and oxygen atoms in total. The number of amides is 1. The van der Waals surface area contributed by atoms with Crippen molar-refractivity contribution in [1.82, 2.24) is 4.90 Å². The summed E-state index contributed by atoms with van der Waals surface area (Å²) >= 11 is 0. The lowest BCUT2D eigenvalue weighted by Crippen LogP contribution is -2.45. The van der Waals surface area contributed by atoms with E-state index in [0.717, 1.165) is 0 Å². The molecule has 1 fully saturated rings. The Morgan fingerprint density at radius 3 is 3.00 bits per heavy atom. The van der Waals surface area contributed by atoms with Crippen molar-refractivity contribution in [2.24, 2.45) is 0 Å². The van der Waals surface area contributed by atoms with E-state index in [1.165, 1.54) is 4.90 Å².